The van der Waals surface area contributed by atoms with E-state index in [4.69, 9.17) is 0 Å². The summed E-state index contributed by atoms with van der Waals surface area (Å²) in [6.07, 6.45) is 2.97. The number of rotatable bonds is 5. The van der Waals surface area contributed by atoms with Crippen molar-refractivity contribution in [2.24, 2.45) is 0 Å². The van der Waals surface area contributed by atoms with Gasteiger partial charge in [0.1, 0.15) is 0 Å². The first kappa shape index (κ1) is 19.5. The van der Waals surface area contributed by atoms with E-state index in [9.17, 15) is 8.42 Å². The van der Waals surface area contributed by atoms with Gasteiger partial charge in [-0.25, -0.2) is 18.4 Å². The van der Waals surface area contributed by atoms with Crippen molar-refractivity contribution in [2.75, 3.05) is 18.4 Å². The molecule has 1 N–H and O–H groups in total. The van der Waals surface area contributed by atoms with Crippen LogP contribution in [-0.4, -0.2) is 35.8 Å². The number of aromatic nitrogens is 2. The van der Waals surface area contributed by atoms with E-state index in [1.807, 2.05) is 19.2 Å². The van der Waals surface area contributed by atoms with Crippen LogP contribution in [0.4, 0.5) is 10.8 Å². The average Bonchev–Trinajstić information content (AvgIpc) is 3.28. The normalized spacial score (nSPS) is 15.6. The van der Waals surface area contributed by atoms with Crippen LogP contribution in [0, 0.1) is 13.8 Å². The lowest BCUT2D eigenvalue weighted by molar-refractivity contribution is 0.346. The highest BCUT2D eigenvalue weighted by Gasteiger charge is 2.25. The molecule has 1 aromatic carbocycles. The highest BCUT2D eigenvalue weighted by molar-refractivity contribution is 7.89. The first-order chi connectivity index (χ1) is 13.4. The fourth-order valence-electron chi connectivity index (χ4n) is 3.29. The highest BCUT2D eigenvalue weighted by Crippen LogP contribution is 2.33. The van der Waals surface area contributed by atoms with Gasteiger partial charge in [0.15, 0.2) is 5.13 Å². The first-order valence-electron chi connectivity index (χ1n) is 9.21. The summed E-state index contributed by atoms with van der Waals surface area (Å²) in [5.41, 5.74) is 2.72. The Kier molecular flexibility index (Phi) is 5.50. The molecule has 148 valence electrons. The molecule has 0 spiro atoms. The van der Waals surface area contributed by atoms with Gasteiger partial charge in [0, 0.05) is 24.2 Å². The van der Waals surface area contributed by atoms with Crippen LogP contribution in [0.3, 0.4) is 0 Å². The Hall–Kier alpha value is -1.81. The summed E-state index contributed by atoms with van der Waals surface area (Å²) in [4.78, 5) is 10.5. The molecular weight excluding hydrogens is 412 g/mol. The quantitative estimate of drug-likeness (QED) is 0.624. The zero-order valence-electron chi connectivity index (χ0n) is 15.8. The van der Waals surface area contributed by atoms with E-state index in [0.29, 0.717) is 18.0 Å². The number of aryl methyl sites for hydroxylation is 2. The molecule has 1 aliphatic rings. The fourth-order valence-corrected chi connectivity index (χ4v) is 6.49. The molecule has 0 unspecified atom stereocenters. The molecule has 4 rings (SSSR count). The number of nitrogens with one attached hydrogen (secondary N) is 1. The van der Waals surface area contributed by atoms with E-state index >= 15 is 0 Å². The van der Waals surface area contributed by atoms with Crippen molar-refractivity contribution in [3.63, 3.8) is 0 Å². The minimum absolute atomic E-state index is 0.343. The molecule has 0 radical (unpaired) electrons. The first-order valence-corrected chi connectivity index (χ1v) is 12.3. The van der Waals surface area contributed by atoms with Gasteiger partial charge in [0.05, 0.1) is 26.2 Å². The third-order valence-corrected chi connectivity index (χ3v) is 8.46. The Labute approximate surface area is 173 Å². The standard InChI is InChI=1S/C19H22N4O2S3/c1-13-18(27-14(2)20-13)17-12-26-19(22-17)21-15-6-8-16(9-7-15)28(24,25)23-10-4-3-5-11-23/h6-9,12H,3-5,10-11H2,1-2H3,(H,21,22). The van der Waals surface area contributed by atoms with Crippen LogP contribution in [-0.2, 0) is 10.0 Å². The number of benzene rings is 1. The molecule has 1 aliphatic heterocycles. The summed E-state index contributed by atoms with van der Waals surface area (Å²) >= 11 is 3.16. The molecule has 3 aromatic rings. The van der Waals surface area contributed by atoms with Gasteiger partial charge in [-0.05, 0) is 51.0 Å². The maximum Gasteiger partial charge on any atom is 0.243 e. The van der Waals surface area contributed by atoms with E-state index in [1.165, 1.54) is 11.3 Å². The molecule has 0 atom stereocenters. The Morgan fingerprint density at radius 2 is 1.75 bits per heavy atom. The van der Waals surface area contributed by atoms with Crippen LogP contribution in [0.15, 0.2) is 34.5 Å². The molecule has 9 heteroatoms. The van der Waals surface area contributed by atoms with Crippen molar-refractivity contribution >= 4 is 43.5 Å². The Balaban J connectivity index is 1.49. The topological polar surface area (TPSA) is 75.2 Å². The molecule has 0 bridgehead atoms. The van der Waals surface area contributed by atoms with Gasteiger partial charge in [-0.3, -0.25) is 0 Å². The number of hydrogen-bond donors (Lipinski definition) is 1. The lowest BCUT2D eigenvalue weighted by atomic mass is 10.2. The van der Waals surface area contributed by atoms with Gasteiger partial charge < -0.3 is 5.32 Å². The number of nitrogens with zero attached hydrogens (tertiary/aromatic N) is 3. The van der Waals surface area contributed by atoms with E-state index in [2.05, 4.69) is 15.3 Å². The van der Waals surface area contributed by atoms with Gasteiger partial charge >= 0.3 is 0 Å². The number of piperidine rings is 1. The number of hydrogen-bond acceptors (Lipinski definition) is 7. The minimum Gasteiger partial charge on any atom is -0.332 e. The highest BCUT2D eigenvalue weighted by atomic mass is 32.2. The monoisotopic (exact) mass is 434 g/mol. The lowest BCUT2D eigenvalue weighted by Crippen LogP contribution is -2.35. The van der Waals surface area contributed by atoms with Crippen LogP contribution in [0.25, 0.3) is 10.6 Å². The third-order valence-electron chi connectivity index (χ3n) is 4.70. The summed E-state index contributed by atoms with van der Waals surface area (Å²) in [5, 5.41) is 7.07. The molecule has 2 aromatic heterocycles. The fraction of sp³-hybridized carbons (Fsp3) is 0.368. The Morgan fingerprint density at radius 3 is 2.39 bits per heavy atom. The summed E-state index contributed by atoms with van der Waals surface area (Å²) in [7, 11) is -3.40. The molecule has 28 heavy (non-hydrogen) atoms. The molecule has 1 saturated heterocycles. The predicted octanol–water partition coefficient (Wildman–Crippen LogP) is 4.80. The number of sulfonamides is 1. The summed E-state index contributed by atoms with van der Waals surface area (Å²) < 4.78 is 27.1. The van der Waals surface area contributed by atoms with Gasteiger partial charge in [-0.2, -0.15) is 4.31 Å². The number of anilines is 2. The van der Waals surface area contributed by atoms with Gasteiger partial charge in [-0.15, -0.1) is 22.7 Å². The van der Waals surface area contributed by atoms with E-state index in [-0.39, 0.29) is 0 Å². The second-order valence-electron chi connectivity index (χ2n) is 6.80. The zero-order chi connectivity index (χ0) is 19.7. The zero-order valence-corrected chi connectivity index (χ0v) is 18.3. The number of thiazole rings is 2. The molecule has 0 aliphatic carbocycles. The van der Waals surface area contributed by atoms with Crippen molar-refractivity contribution in [1.82, 2.24) is 14.3 Å². The molecular formula is C19H22N4O2S3. The minimum atomic E-state index is -3.40. The average molecular weight is 435 g/mol. The van der Waals surface area contributed by atoms with Crippen LogP contribution in [0.2, 0.25) is 0 Å². The largest absolute Gasteiger partial charge is 0.332 e. The maximum absolute atomic E-state index is 12.7. The second-order valence-corrected chi connectivity index (χ2v) is 10.8. The summed E-state index contributed by atoms with van der Waals surface area (Å²) in [6.45, 7) is 5.21. The van der Waals surface area contributed by atoms with Crippen LogP contribution >= 0.6 is 22.7 Å². The molecule has 6 nitrogen and oxygen atoms in total. The Bertz CT molecular complexity index is 1070. The smallest absolute Gasteiger partial charge is 0.243 e. The molecule has 3 heterocycles. The SMILES string of the molecule is Cc1nc(C)c(-c2csc(Nc3ccc(S(=O)(=O)N4CCCCC4)cc3)n2)s1. The second kappa shape index (κ2) is 7.90. The molecule has 0 saturated carbocycles. The van der Waals surface area contributed by atoms with Crippen molar-refractivity contribution in [3.05, 3.63) is 40.3 Å². The molecule has 1 fully saturated rings. The van der Waals surface area contributed by atoms with E-state index in [1.54, 1.807) is 39.9 Å². The van der Waals surface area contributed by atoms with Crippen LogP contribution in [0.1, 0.15) is 30.0 Å². The maximum atomic E-state index is 12.7. The van der Waals surface area contributed by atoms with Gasteiger partial charge in [0.25, 0.3) is 0 Å². The summed E-state index contributed by atoms with van der Waals surface area (Å²) in [6, 6.07) is 6.91. The van der Waals surface area contributed by atoms with E-state index < -0.39 is 10.0 Å². The van der Waals surface area contributed by atoms with Crippen molar-refractivity contribution in [1.29, 1.82) is 0 Å². The van der Waals surface area contributed by atoms with Crippen LogP contribution in [0.5, 0.6) is 0 Å². The van der Waals surface area contributed by atoms with Crippen LogP contribution < -0.4 is 5.32 Å². The van der Waals surface area contributed by atoms with Crippen molar-refractivity contribution in [2.45, 2.75) is 38.0 Å². The Morgan fingerprint density at radius 1 is 1.04 bits per heavy atom. The third kappa shape index (κ3) is 3.98. The summed E-state index contributed by atoms with van der Waals surface area (Å²) in [5.74, 6) is 0. The van der Waals surface area contributed by atoms with Crippen molar-refractivity contribution < 1.29 is 8.42 Å². The van der Waals surface area contributed by atoms with Gasteiger partial charge in [0.2, 0.25) is 10.0 Å². The molecule has 0 amide bonds. The van der Waals surface area contributed by atoms with Gasteiger partial charge in [-0.1, -0.05) is 6.42 Å². The van der Waals surface area contributed by atoms with Crippen molar-refractivity contribution in [3.8, 4) is 10.6 Å². The predicted molar refractivity (Wildman–Crippen MR) is 115 cm³/mol. The lowest BCUT2D eigenvalue weighted by Gasteiger charge is -2.25. The van der Waals surface area contributed by atoms with E-state index in [0.717, 1.165) is 51.4 Å².